The molecule has 0 unspecified atom stereocenters. The molecule has 8 aromatic carbocycles. The fourth-order valence-electron chi connectivity index (χ4n) is 7.58. The van der Waals surface area contributed by atoms with Gasteiger partial charge in [0.25, 0.3) is 0 Å². The number of fused-ring (bicyclic) bond motifs is 8. The van der Waals surface area contributed by atoms with Gasteiger partial charge < -0.3 is 4.57 Å². The first kappa shape index (κ1) is 25.6. The van der Waals surface area contributed by atoms with Gasteiger partial charge in [-0.1, -0.05) is 127 Å². The number of nitrogens with zero attached hydrogens (tertiary/aromatic N) is 1. The molecule has 0 aliphatic heterocycles. The van der Waals surface area contributed by atoms with Crippen LogP contribution in [0, 0.1) is 0 Å². The molecule has 0 aliphatic carbocycles. The Kier molecular flexibility index (Phi) is 5.51. The average Bonchev–Trinajstić information content (AvgIpc) is 3.65. The molecule has 2 aromatic heterocycles. The Balaban J connectivity index is 1.28. The number of para-hydroxylation sites is 2. The van der Waals surface area contributed by atoms with Crippen LogP contribution in [-0.2, 0) is 0 Å². The Labute approximate surface area is 270 Å². The normalized spacial score (nSPS) is 11.9. The summed E-state index contributed by atoms with van der Waals surface area (Å²) < 4.78 is 3.74. The van der Waals surface area contributed by atoms with E-state index in [4.69, 9.17) is 0 Å². The highest BCUT2D eigenvalue weighted by Gasteiger charge is 2.20. The minimum Gasteiger partial charge on any atom is -0.301 e. The van der Waals surface area contributed by atoms with Gasteiger partial charge in [-0.15, -0.1) is 11.3 Å². The molecular weight excluding hydrogens is 575 g/mol. The third kappa shape index (κ3) is 3.68. The van der Waals surface area contributed by atoms with Gasteiger partial charge in [0, 0.05) is 26.5 Å². The van der Waals surface area contributed by atoms with Crippen LogP contribution in [0.3, 0.4) is 0 Å². The second-order valence-electron chi connectivity index (χ2n) is 12.1. The molecule has 0 saturated carbocycles. The van der Waals surface area contributed by atoms with Gasteiger partial charge in [-0.2, -0.15) is 0 Å². The second kappa shape index (κ2) is 9.90. The average molecular weight is 602 g/mol. The molecule has 0 atom stereocenters. The molecule has 2 heteroatoms. The van der Waals surface area contributed by atoms with Crippen molar-refractivity contribution in [2.24, 2.45) is 0 Å². The maximum Gasteiger partial charge on any atom is 0.109 e. The molecule has 0 N–H and O–H groups in total. The first-order chi connectivity index (χ1) is 22.8. The summed E-state index contributed by atoms with van der Waals surface area (Å²) in [6.07, 6.45) is 0. The molecular formula is C44H27NS. The van der Waals surface area contributed by atoms with Crippen molar-refractivity contribution in [1.29, 1.82) is 0 Å². The molecule has 46 heavy (non-hydrogen) atoms. The summed E-state index contributed by atoms with van der Waals surface area (Å²) in [6.45, 7) is 0. The van der Waals surface area contributed by atoms with E-state index in [0.717, 1.165) is 0 Å². The predicted molar refractivity (Wildman–Crippen MR) is 200 cm³/mol. The van der Waals surface area contributed by atoms with Crippen molar-refractivity contribution >= 4 is 74.9 Å². The van der Waals surface area contributed by atoms with Crippen molar-refractivity contribution in [1.82, 2.24) is 4.57 Å². The molecule has 0 amide bonds. The van der Waals surface area contributed by atoms with E-state index in [-0.39, 0.29) is 0 Å². The summed E-state index contributed by atoms with van der Waals surface area (Å²) in [5.41, 5.74) is 7.54. The Morgan fingerprint density at radius 1 is 0.391 bits per heavy atom. The van der Waals surface area contributed by atoms with E-state index in [9.17, 15) is 0 Å². The summed E-state index contributed by atoms with van der Waals surface area (Å²) in [6, 6.07) is 60.1. The van der Waals surface area contributed by atoms with Gasteiger partial charge in [-0.3, -0.25) is 0 Å². The monoisotopic (exact) mass is 601 g/mol. The lowest BCUT2D eigenvalue weighted by atomic mass is 9.85. The summed E-state index contributed by atoms with van der Waals surface area (Å²) in [5, 5.41) is 11.6. The summed E-state index contributed by atoms with van der Waals surface area (Å²) in [7, 11) is 0. The quantitative estimate of drug-likeness (QED) is 0.178. The van der Waals surface area contributed by atoms with Crippen LogP contribution in [0.1, 0.15) is 0 Å². The predicted octanol–water partition coefficient (Wildman–Crippen LogP) is 12.8. The van der Waals surface area contributed by atoms with Gasteiger partial charge in [0.05, 0.1) is 5.52 Å². The molecule has 214 valence electrons. The highest BCUT2D eigenvalue weighted by Crippen LogP contribution is 2.47. The van der Waals surface area contributed by atoms with Crippen LogP contribution in [0.4, 0.5) is 0 Å². The zero-order chi connectivity index (χ0) is 30.2. The highest BCUT2D eigenvalue weighted by molar-refractivity contribution is 7.25. The van der Waals surface area contributed by atoms with E-state index in [0.29, 0.717) is 0 Å². The number of thiophene rings is 1. The lowest BCUT2D eigenvalue weighted by Crippen LogP contribution is -1.91. The van der Waals surface area contributed by atoms with Crippen molar-refractivity contribution in [2.45, 2.75) is 0 Å². The fourth-order valence-corrected chi connectivity index (χ4v) is 8.81. The Morgan fingerprint density at radius 2 is 0.935 bits per heavy atom. The van der Waals surface area contributed by atoms with Gasteiger partial charge >= 0.3 is 0 Å². The van der Waals surface area contributed by atoms with Gasteiger partial charge in [0.2, 0.25) is 0 Å². The molecule has 0 aliphatic rings. The minimum absolute atomic E-state index is 1.20. The number of hydrogen-bond acceptors (Lipinski definition) is 1. The van der Waals surface area contributed by atoms with Gasteiger partial charge in [-0.05, 0) is 91.0 Å². The minimum atomic E-state index is 1.20. The maximum absolute atomic E-state index is 2.44. The topological polar surface area (TPSA) is 4.93 Å². The van der Waals surface area contributed by atoms with E-state index >= 15 is 0 Å². The van der Waals surface area contributed by atoms with Crippen LogP contribution in [0.5, 0.6) is 0 Å². The standard InChI is InChI=1S/C44H27NS/c1-2-14-32(15-3-1)45-39-21-11-10-20-37(39)43-38-27-31(24-25-40(38)46-44(43)45)42-35-18-8-6-16-33(35)41(34-17-7-9-19-36(34)42)30-23-22-28-12-4-5-13-29(28)26-30/h1-27H. The molecule has 2 heterocycles. The van der Waals surface area contributed by atoms with Crippen LogP contribution in [-0.4, -0.2) is 4.57 Å². The molecule has 0 spiro atoms. The number of rotatable bonds is 3. The Morgan fingerprint density at radius 3 is 1.63 bits per heavy atom. The Bertz CT molecular complexity index is 2740. The lowest BCUT2D eigenvalue weighted by molar-refractivity contribution is 1.19. The SMILES string of the molecule is c1ccc(-n2c3ccccc3c3c4cc(-c5c6ccccc6c(-c6ccc7ccccc7c6)c6ccccc56)ccc4sc32)cc1. The highest BCUT2D eigenvalue weighted by atomic mass is 32.1. The van der Waals surface area contributed by atoms with Crippen LogP contribution in [0.15, 0.2) is 164 Å². The van der Waals surface area contributed by atoms with Crippen molar-refractivity contribution in [3.05, 3.63) is 164 Å². The van der Waals surface area contributed by atoms with Gasteiger partial charge in [0.1, 0.15) is 4.83 Å². The lowest BCUT2D eigenvalue weighted by Gasteiger charge is -2.18. The van der Waals surface area contributed by atoms with Crippen molar-refractivity contribution in [2.75, 3.05) is 0 Å². The number of benzene rings is 8. The van der Waals surface area contributed by atoms with Crippen molar-refractivity contribution < 1.29 is 0 Å². The summed E-state index contributed by atoms with van der Waals surface area (Å²) in [4.78, 5) is 1.29. The number of aromatic nitrogens is 1. The molecule has 1 nitrogen and oxygen atoms in total. The van der Waals surface area contributed by atoms with E-state index < -0.39 is 0 Å². The maximum atomic E-state index is 2.44. The second-order valence-corrected chi connectivity index (χ2v) is 13.1. The zero-order valence-corrected chi connectivity index (χ0v) is 25.8. The molecule has 0 radical (unpaired) electrons. The molecule has 10 aromatic rings. The fraction of sp³-hybridized carbons (Fsp3) is 0. The van der Waals surface area contributed by atoms with Crippen molar-refractivity contribution in [3.63, 3.8) is 0 Å². The van der Waals surface area contributed by atoms with Crippen molar-refractivity contribution in [3.8, 4) is 27.9 Å². The number of hydrogen-bond donors (Lipinski definition) is 0. The largest absolute Gasteiger partial charge is 0.301 e. The molecule has 0 fully saturated rings. The van der Waals surface area contributed by atoms with E-state index in [1.807, 2.05) is 11.3 Å². The summed E-state index contributed by atoms with van der Waals surface area (Å²) in [5.74, 6) is 0. The Hall–Kier alpha value is -5.70. The van der Waals surface area contributed by atoms with Gasteiger partial charge in [0.15, 0.2) is 0 Å². The summed E-state index contributed by atoms with van der Waals surface area (Å²) >= 11 is 1.88. The smallest absolute Gasteiger partial charge is 0.109 e. The third-order valence-electron chi connectivity index (χ3n) is 9.56. The zero-order valence-electron chi connectivity index (χ0n) is 24.9. The van der Waals surface area contributed by atoms with Crippen LogP contribution in [0.2, 0.25) is 0 Å². The van der Waals surface area contributed by atoms with E-state index in [2.05, 4.69) is 168 Å². The first-order valence-corrected chi connectivity index (χ1v) is 16.6. The van der Waals surface area contributed by atoms with E-state index in [1.54, 1.807) is 0 Å². The molecule has 10 rings (SSSR count). The van der Waals surface area contributed by atoms with Crippen LogP contribution >= 0.6 is 11.3 Å². The molecule has 0 saturated heterocycles. The third-order valence-corrected chi connectivity index (χ3v) is 10.7. The first-order valence-electron chi connectivity index (χ1n) is 15.8. The van der Waals surface area contributed by atoms with Gasteiger partial charge in [-0.25, -0.2) is 0 Å². The van der Waals surface area contributed by atoms with Crippen LogP contribution < -0.4 is 0 Å². The molecule has 0 bridgehead atoms. The van der Waals surface area contributed by atoms with E-state index in [1.165, 1.54) is 91.5 Å². The van der Waals surface area contributed by atoms with Crippen LogP contribution in [0.25, 0.3) is 91.5 Å².